The fourth-order valence-electron chi connectivity index (χ4n) is 1.12. The third kappa shape index (κ3) is 3.48. The standard InChI is InChI=1S/C11H11N3O2/c1-16-11(15)10-6-4-9(5-7-10)3-2-8-13-14-12/h2-7H,8H2,1H3. The Balaban J connectivity index is 2.67. The highest BCUT2D eigenvalue weighted by atomic mass is 16.5. The lowest BCUT2D eigenvalue weighted by molar-refractivity contribution is 0.0601. The van der Waals surface area contributed by atoms with E-state index in [0.717, 1.165) is 5.56 Å². The summed E-state index contributed by atoms with van der Waals surface area (Å²) < 4.78 is 4.58. The molecule has 1 rings (SSSR count). The van der Waals surface area contributed by atoms with Crippen molar-refractivity contribution in [2.45, 2.75) is 0 Å². The first-order valence-electron chi connectivity index (χ1n) is 4.63. The molecule has 5 nitrogen and oxygen atoms in total. The van der Waals surface area contributed by atoms with Crippen LogP contribution in [0, 0.1) is 0 Å². The van der Waals surface area contributed by atoms with Gasteiger partial charge in [-0.1, -0.05) is 29.4 Å². The summed E-state index contributed by atoms with van der Waals surface area (Å²) in [6.45, 7) is 0.315. The molecule has 0 aromatic heterocycles. The van der Waals surface area contributed by atoms with Crippen LogP contribution in [0.25, 0.3) is 16.5 Å². The van der Waals surface area contributed by atoms with Crippen LogP contribution in [0.5, 0.6) is 0 Å². The normalized spacial score (nSPS) is 9.81. The zero-order valence-electron chi connectivity index (χ0n) is 8.83. The SMILES string of the molecule is COC(=O)c1ccc(C=CCN=[N+]=[N-])cc1. The van der Waals surface area contributed by atoms with Crippen LogP contribution < -0.4 is 0 Å². The Bertz CT molecular complexity index is 431. The van der Waals surface area contributed by atoms with E-state index >= 15 is 0 Å². The first-order chi connectivity index (χ1) is 7.77. The molecule has 0 aliphatic carbocycles. The summed E-state index contributed by atoms with van der Waals surface area (Å²) in [5, 5.41) is 3.37. The van der Waals surface area contributed by atoms with Gasteiger partial charge in [-0.05, 0) is 23.2 Å². The minimum absolute atomic E-state index is 0.315. The van der Waals surface area contributed by atoms with Crippen LogP contribution >= 0.6 is 0 Å². The lowest BCUT2D eigenvalue weighted by Crippen LogP contribution is -2.00. The van der Waals surface area contributed by atoms with Crippen molar-refractivity contribution in [1.29, 1.82) is 0 Å². The Kier molecular flexibility index (Phi) is 4.63. The van der Waals surface area contributed by atoms with Crippen molar-refractivity contribution in [3.8, 4) is 0 Å². The first-order valence-corrected chi connectivity index (χ1v) is 4.63. The highest BCUT2D eigenvalue weighted by Gasteiger charge is 2.02. The Labute approximate surface area is 93.0 Å². The van der Waals surface area contributed by atoms with Crippen molar-refractivity contribution in [3.05, 3.63) is 51.9 Å². The van der Waals surface area contributed by atoms with E-state index in [1.54, 1.807) is 30.3 Å². The van der Waals surface area contributed by atoms with E-state index in [0.29, 0.717) is 12.1 Å². The van der Waals surface area contributed by atoms with Crippen molar-refractivity contribution < 1.29 is 9.53 Å². The number of esters is 1. The lowest BCUT2D eigenvalue weighted by atomic mass is 10.1. The Morgan fingerprint density at radius 3 is 2.75 bits per heavy atom. The average molecular weight is 217 g/mol. The van der Waals surface area contributed by atoms with E-state index in [1.165, 1.54) is 7.11 Å². The summed E-state index contributed by atoms with van der Waals surface area (Å²) in [5.41, 5.74) is 9.50. The number of azide groups is 1. The van der Waals surface area contributed by atoms with Crippen molar-refractivity contribution in [2.75, 3.05) is 13.7 Å². The van der Waals surface area contributed by atoms with Gasteiger partial charge in [-0.25, -0.2) is 4.79 Å². The average Bonchev–Trinajstić information content (AvgIpc) is 2.34. The van der Waals surface area contributed by atoms with Crippen LogP contribution in [0.15, 0.2) is 35.5 Å². The number of ether oxygens (including phenoxy) is 1. The smallest absolute Gasteiger partial charge is 0.337 e. The predicted molar refractivity (Wildman–Crippen MR) is 60.8 cm³/mol. The largest absolute Gasteiger partial charge is 0.465 e. The van der Waals surface area contributed by atoms with Crippen molar-refractivity contribution in [2.24, 2.45) is 5.11 Å². The quantitative estimate of drug-likeness (QED) is 0.336. The van der Waals surface area contributed by atoms with Gasteiger partial charge in [-0.2, -0.15) is 0 Å². The molecule has 0 N–H and O–H groups in total. The number of hydrogen-bond acceptors (Lipinski definition) is 3. The maximum atomic E-state index is 11.1. The maximum Gasteiger partial charge on any atom is 0.337 e. The molecule has 0 fully saturated rings. The number of benzene rings is 1. The van der Waals surface area contributed by atoms with E-state index in [2.05, 4.69) is 14.8 Å². The van der Waals surface area contributed by atoms with Crippen LogP contribution in [0.4, 0.5) is 0 Å². The molecule has 0 radical (unpaired) electrons. The number of carbonyl (C=O) groups excluding carboxylic acids is 1. The van der Waals surface area contributed by atoms with Crippen LogP contribution in [0.3, 0.4) is 0 Å². The molecule has 0 unspecified atom stereocenters. The van der Waals surface area contributed by atoms with Gasteiger partial charge in [0.05, 0.1) is 12.7 Å². The minimum atomic E-state index is -0.357. The molecule has 0 spiro atoms. The number of rotatable bonds is 4. The van der Waals surface area contributed by atoms with Crippen LogP contribution in [0.2, 0.25) is 0 Å². The van der Waals surface area contributed by atoms with Gasteiger partial charge in [0.15, 0.2) is 0 Å². The second kappa shape index (κ2) is 6.27. The van der Waals surface area contributed by atoms with E-state index in [4.69, 9.17) is 5.53 Å². The number of carbonyl (C=O) groups is 1. The van der Waals surface area contributed by atoms with Gasteiger partial charge in [0.2, 0.25) is 0 Å². The monoisotopic (exact) mass is 217 g/mol. The fourth-order valence-corrected chi connectivity index (χ4v) is 1.12. The molecular weight excluding hydrogens is 206 g/mol. The molecule has 1 aromatic rings. The molecule has 0 saturated carbocycles. The summed E-state index contributed by atoms with van der Waals surface area (Å²) in [4.78, 5) is 13.8. The van der Waals surface area contributed by atoms with Crippen LogP contribution in [-0.4, -0.2) is 19.6 Å². The highest BCUT2D eigenvalue weighted by Crippen LogP contribution is 2.07. The van der Waals surface area contributed by atoms with Crippen molar-refractivity contribution >= 4 is 12.0 Å². The van der Waals surface area contributed by atoms with Gasteiger partial charge in [-0.3, -0.25) is 0 Å². The summed E-state index contributed by atoms with van der Waals surface area (Å²) in [6, 6.07) is 6.94. The molecule has 0 bridgehead atoms. The van der Waals surface area contributed by atoms with Gasteiger partial charge in [-0.15, -0.1) is 0 Å². The Morgan fingerprint density at radius 1 is 1.50 bits per heavy atom. The molecule has 82 valence electrons. The first kappa shape index (κ1) is 11.8. The number of hydrogen-bond donors (Lipinski definition) is 0. The third-order valence-corrected chi connectivity index (χ3v) is 1.89. The molecule has 16 heavy (non-hydrogen) atoms. The van der Waals surface area contributed by atoms with Gasteiger partial charge in [0.25, 0.3) is 0 Å². The second-order valence-corrected chi connectivity index (χ2v) is 2.93. The molecule has 0 atom stereocenters. The molecule has 0 aliphatic rings. The van der Waals surface area contributed by atoms with Crippen molar-refractivity contribution in [1.82, 2.24) is 0 Å². The van der Waals surface area contributed by atoms with Crippen LogP contribution in [0.1, 0.15) is 15.9 Å². The summed E-state index contributed by atoms with van der Waals surface area (Å²) in [5.74, 6) is -0.357. The van der Waals surface area contributed by atoms with Gasteiger partial charge in [0.1, 0.15) is 0 Å². The van der Waals surface area contributed by atoms with Gasteiger partial charge in [0, 0.05) is 11.5 Å². The second-order valence-electron chi connectivity index (χ2n) is 2.93. The molecule has 0 heterocycles. The topological polar surface area (TPSA) is 75.1 Å². The third-order valence-electron chi connectivity index (χ3n) is 1.89. The van der Waals surface area contributed by atoms with E-state index in [-0.39, 0.29) is 5.97 Å². The Hall–Kier alpha value is -2.26. The van der Waals surface area contributed by atoms with Crippen LogP contribution in [-0.2, 0) is 4.74 Å². The zero-order valence-corrected chi connectivity index (χ0v) is 8.83. The minimum Gasteiger partial charge on any atom is -0.465 e. The summed E-state index contributed by atoms with van der Waals surface area (Å²) in [7, 11) is 1.34. The molecule has 0 amide bonds. The van der Waals surface area contributed by atoms with Crippen molar-refractivity contribution in [3.63, 3.8) is 0 Å². The molecule has 1 aromatic carbocycles. The fraction of sp³-hybridized carbons (Fsp3) is 0.182. The van der Waals surface area contributed by atoms with Gasteiger partial charge >= 0.3 is 5.97 Å². The van der Waals surface area contributed by atoms with E-state index < -0.39 is 0 Å². The summed E-state index contributed by atoms with van der Waals surface area (Å²) in [6.07, 6.45) is 3.56. The number of methoxy groups -OCH3 is 1. The van der Waals surface area contributed by atoms with Gasteiger partial charge < -0.3 is 4.74 Å². The lowest BCUT2D eigenvalue weighted by Gasteiger charge is -1.98. The summed E-state index contributed by atoms with van der Waals surface area (Å²) >= 11 is 0. The highest BCUT2D eigenvalue weighted by molar-refractivity contribution is 5.89. The Morgan fingerprint density at radius 2 is 2.19 bits per heavy atom. The van der Waals surface area contributed by atoms with E-state index in [1.807, 2.05) is 6.08 Å². The zero-order chi connectivity index (χ0) is 11.8. The molecule has 5 heteroatoms. The molecule has 0 aliphatic heterocycles. The number of nitrogens with zero attached hydrogens (tertiary/aromatic N) is 3. The predicted octanol–water partition coefficient (Wildman–Crippen LogP) is 2.80. The van der Waals surface area contributed by atoms with E-state index in [9.17, 15) is 4.79 Å². The maximum absolute atomic E-state index is 11.1. The molecule has 0 saturated heterocycles. The molecular formula is C11H11N3O2.